The van der Waals surface area contributed by atoms with Crippen LogP contribution >= 0.6 is 0 Å². The van der Waals surface area contributed by atoms with E-state index in [1.807, 2.05) is 0 Å². The summed E-state index contributed by atoms with van der Waals surface area (Å²) in [5, 5.41) is 0. The number of benzene rings is 1. The van der Waals surface area contributed by atoms with Gasteiger partial charge in [-0.1, -0.05) is 38.1 Å². The second kappa shape index (κ2) is 6.44. The maximum atomic E-state index is 11.0. The molecule has 0 saturated carbocycles. The topological polar surface area (TPSA) is 20.3 Å². The number of ketones is 1. The van der Waals surface area contributed by atoms with Crippen LogP contribution in [0.4, 0.5) is 0 Å². The first kappa shape index (κ1) is 12.9. The number of Topliss-reactive ketones (excluding diaryl/α,β-unsaturated/α-hetero) is 1. The van der Waals surface area contributed by atoms with Crippen molar-refractivity contribution >= 4 is 5.78 Å². The summed E-state index contributed by atoms with van der Waals surface area (Å²) in [5.74, 6) is 0.219. The second-order valence-electron chi connectivity index (χ2n) is 4.16. The van der Waals surface area contributed by atoms with E-state index >= 15 is 0 Å². The zero-order chi connectivity index (χ0) is 12.0. The third-order valence-corrected chi connectivity index (χ3v) is 2.78. The Morgan fingerprint density at radius 2 is 1.56 bits per heavy atom. The number of carbonyl (C=O) groups is 1. The summed E-state index contributed by atoms with van der Waals surface area (Å²) in [7, 11) is 0. The van der Waals surface area contributed by atoms with Crippen LogP contribution in [-0.4, -0.2) is 23.8 Å². The van der Waals surface area contributed by atoms with E-state index in [9.17, 15) is 4.79 Å². The molecule has 0 heterocycles. The third-order valence-electron chi connectivity index (χ3n) is 2.78. The highest BCUT2D eigenvalue weighted by molar-refractivity contribution is 5.78. The van der Waals surface area contributed by atoms with Crippen molar-refractivity contribution in [3.63, 3.8) is 0 Å². The highest BCUT2D eigenvalue weighted by Crippen LogP contribution is 2.08. The Balaban J connectivity index is 2.60. The second-order valence-corrected chi connectivity index (χ2v) is 4.16. The highest BCUT2D eigenvalue weighted by atomic mass is 16.1. The third kappa shape index (κ3) is 4.15. The molecule has 0 amide bonds. The molecule has 0 spiro atoms. The first-order chi connectivity index (χ1) is 7.65. The molecule has 2 nitrogen and oxygen atoms in total. The lowest BCUT2D eigenvalue weighted by Gasteiger charge is -2.17. The Morgan fingerprint density at radius 1 is 1.06 bits per heavy atom. The van der Waals surface area contributed by atoms with E-state index in [-0.39, 0.29) is 5.78 Å². The molecule has 0 aromatic heterocycles. The highest BCUT2D eigenvalue weighted by Gasteiger charge is 2.02. The molecule has 0 aliphatic heterocycles. The van der Waals surface area contributed by atoms with Crippen LogP contribution < -0.4 is 0 Å². The fourth-order valence-electron chi connectivity index (χ4n) is 1.76. The molecule has 1 aromatic rings. The average Bonchev–Trinajstić information content (AvgIpc) is 2.27. The van der Waals surface area contributed by atoms with E-state index in [1.54, 1.807) is 6.92 Å². The molecule has 0 atom stereocenters. The average molecular weight is 219 g/mol. The number of hydrogen-bond acceptors (Lipinski definition) is 2. The van der Waals surface area contributed by atoms with Gasteiger partial charge in [-0.2, -0.15) is 0 Å². The zero-order valence-electron chi connectivity index (χ0n) is 10.5. The van der Waals surface area contributed by atoms with Crippen molar-refractivity contribution in [1.82, 2.24) is 4.90 Å². The molecule has 0 aliphatic rings. The molecule has 0 N–H and O–H groups in total. The minimum atomic E-state index is 0.219. The predicted octanol–water partition coefficient (Wildman–Crippen LogP) is 2.66. The Morgan fingerprint density at radius 3 is 2.00 bits per heavy atom. The lowest BCUT2D eigenvalue weighted by atomic mass is 10.1. The lowest BCUT2D eigenvalue weighted by molar-refractivity contribution is -0.116. The number of carbonyl (C=O) groups excluding carboxylic acids is 1. The molecule has 0 bridgehead atoms. The Labute approximate surface area is 98.3 Å². The van der Waals surface area contributed by atoms with E-state index in [0.717, 1.165) is 25.2 Å². The van der Waals surface area contributed by atoms with Crippen molar-refractivity contribution in [3.8, 4) is 0 Å². The van der Waals surface area contributed by atoms with Gasteiger partial charge < -0.3 is 0 Å². The van der Waals surface area contributed by atoms with Crippen molar-refractivity contribution < 1.29 is 4.79 Å². The van der Waals surface area contributed by atoms with Gasteiger partial charge in [0.1, 0.15) is 5.78 Å². The van der Waals surface area contributed by atoms with Crippen LogP contribution in [-0.2, 0) is 17.8 Å². The van der Waals surface area contributed by atoms with Gasteiger partial charge in [-0.25, -0.2) is 0 Å². The maximum absolute atomic E-state index is 11.0. The lowest BCUT2D eigenvalue weighted by Crippen LogP contribution is -2.22. The largest absolute Gasteiger partial charge is 0.300 e. The Hall–Kier alpha value is -1.15. The SMILES string of the molecule is CCN(CC)Cc1ccc(CC(C)=O)cc1. The molecular formula is C14H21NO. The van der Waals surface area contributed by atoms with Crippen LogP contribution in [0.2, 0.25) is 0 Å². The van der Waals surface area contributed by atoms with Crippen molar-refractivity contribution in [3.05, 3.63) is 35.4 Å². The molecule has 88 valence electrons. The van der Waals surface area contributed by atoms with E-state index in [4.69, 9.17) is 0 Å². The van der Waals surface area contributed by atoms with Crippen molar-refractivity contribution in [2.45, 2.75) is 33.7 Å². The van der Waals surface area contributed by atoms with E-state index in [2.05, 4.69) is 43.0 Å². The summed E-state index contributed by atoms with van der Waals surface area (Å²) in [4.78, 5) is 13.3. The summed E-state index contributed by atoms with van der Waals surface area (Å²) in [6, 6.07) is 8.35. The smallest absolute Gasteiger partial charge is 0.134 e. The maximum Gasteiger partial charge on any atom is 0.134 e. The normalized spacial score (nSPS) is 10.8. The van der Waals surface area contributed by atoms with Gasteiger partial charge in [0.2, 0.25) is 0 Å². The summed E-state index contributed by atoms with van der Waals surface area (Å²) in [5.41, 5.74) is 2.42. The molecule has 0 unspecified atom stereocenters. The van der Waals surface area contributed by atoms with Crippen LogP contribution in [0.25, 0.3) is 0 Å². The van der Waals surface area contributed by atoms with Crippen molar-refractivity contribution in [1.29, 1.82) is 0 Å². The van der Waals surface area contributed by atoms with E-state index < -0.39 is 0 Å². The van der Waals surface area contributed by atoms with Gasteiger partial charge in [0, 0.05) is 13.0 Å². The summed E-state index contributed by atoms with van der Waals surface area (Å²) in [6.07, 6.45) is 0.547. The molecule has 16 heavy (non-hydrogen) atoms. The molecule has 0 saturated heterocycles. The number of rotatable bonds is 6. The standard InChI is InChI=1S/C14H21NO/c1-4-15(5-2)11-14-8-6-13(7-9-14)10-12(3)16/h6-9H,4-5,10-11H2,1-3H3. The van der Waals surface area contributed by atoms with E-state index in [0.29, 0.717) is 6.42 Å². The van der Waals surface area contributed by atoms with E-state index in [1.165, 1.54) is 5.56 Å². The molecular weight excluding hydrogens is 198 g/mol. The predicted molar refractivity (Wildman–Crippen MR) is 67.5 cm³/mol. The summed E-state index contributed by atoms with van der Waals surface area (Å²) < 4.78 is 0. The minimum absolute atomic E-state index is 0.219. The Kier molecular flexibility index (Phi) is 5.20. The van der Waals surface area contributed by atoms with Gasteiger partial charge in [-0.05, 0) is 31.1 Å². The summed E-state index contributed by atoms with van der Waals surface area (Å²) in [6.45, 7) is 9.12. The van der Waals surface area contributed by atoms with Crippen LogP contribution in [0.1, 0.15) is 31.9 Å². The molecule has 1 rings (SSSR count). The zero-order valence-corrected chi connectivity index (χ0v) is 10.5. The fraction of sp³-hybridized carbons (Fsp3) is 0.500. The van der Waals surface area contributed by atoms with Gasteiger partial charge >= 0.3 is 0 Å². The number of hydrogen-bond donors (Lipinski definition) is 0. The van der Waals surface area contributed by atoms with Crippen LogP contribution in [0.15, 0.2) is 24.3 Å². The molecule has 0 fully saturated rings. The van der Waals surface area contributed by atoms with Crippen molar-refractivity contribution in [2.75, 3.05) is 13.1 Å². The molecule has 2 heteroatoms. The van der Waals surface area contributed by atoms with Gasteiger partial charge in [-0.3, -0.25) is 9.69 Å². The van der Waals surface area contributed by atoms with Gasteiger partial charge in [0.25, 0.3) is 0 Å². The van der Waals surface area contributed by atoms with Gasteiger partial charge in [0.15, 0.2) is 0 Å². The summed E-state index contributed by atoms with van der Waals surface area (Å²) >= 11 is 0. The molecule has 0 radical (unpaired) electrons. The van der Waals surface area contributed by atoms with Crippen molar-refractivity contribution in [2.24, 2.45) is 0 Å². The van der Waals surface area contributed by atoms with Crippen LogP contribution in [0, 0.1) is 0 Å². The fourth-order valence-corrected chi connectivity index (χ4v) is 1.76. The molecule has 1 aromatic carbocycles. The first-order valence-electron chi connectivity index (χ1n) is 5.95. The van der Waals surface area contributed by atoms with Crippen LogP contribution in [0.5, 0.6) is 0 Å². The first-order valence-corrected chi connectivity index (χ1v) is 5.95. The van der Waals surface area contributed by atoms with Gasteiger partial charge in [0.05, 0.1) is 0 Å². The Bertz CT molecular complexity index is 325. The minimum Gasteiger partial charge on any atom is -0.300 e. The van der Waals surface area contributed by atoms with Crippen LogP contribution in [0.3, 0.4) is 0 Å². The number of nitrogens with zero attached hydrogens (tertiary/aromatic N) is 1. The quantitative estimate of drug-likeness (QED) is 0.733. The monoisotopic (exact) mass is 219 g/mol. The molecule has 0 aliphatic carbocycles. The van der Waals surface area contributed by atoms with Gasteiger partial charge in [-0.15, -0.1) is 0 Å².